The van der Waals surface area contributed by atoms with E-state index in [0.717, 1.165) is 28.0 Å². The maximum absolute atomic E-state index is 12.3. The summed E-state index contributed by atoms with van der Waals surface area (Å²) in [5.41, 5.74) is 4.90. The average Bonchev–Trinajstić information content (AvgIpc) is 3.17. The summed E-state index contributed by atoms with van der Waals surface area (Å²) in [4.78, 5) is 17.8. The number of rotatable bonds is 8. The van der Waals surface area contributed by atoms with Gasteiger partial charge in [0.15, 0.2) is 0 Å². The lowest BCUT2D eigenvalue weighted by Gasteiger charge is -2.13. The van der Waals surface area contributed by atoms with E-state index in [1.807, 2.05) is 86.6 Å². The largest absolute Gasteiger partial charge is 0.489 e. The summed E-state index contributed by atoms with van der Waals surface area (Å²) in [5, 5.41) is 12.0. The van der Waals surface area contributed by atoms with Crippen molar-refractivity contribution in [2.24, 2.45) is 12.2 Å². The van der Waals surface area contributed by atoms with Crippen LogP contribution in [0, 0.1) is 6.92 Å². The van der Waals surface area contributed by atoms with Crippen LogP contribution in [0.1, 0.15) is 29.2 Å². The predicted molar refractivity (Wildman–Crippen MR) is 126 cm³/mol. The van der Waals surface area contributed by atoms with E-state index >= 15 is 0 Å². The second-order valence-electron chi connectivity index (χ2n) is 7.62. The van der Waals surface area contributed by atoms with Crippen molar-refractivity contribution in [2.75, 3.05) is 0 Å². The van der Waals surface area contributed by atoms with Crippen LogP contribution in [0.2, 0.25) is 0 Å². The second kappa shape index (κ2) is 9.95. The fraction of sp³-hybridized carbons (Fsp3) is 0.200. The van der Waals surface area contributed by atoms with Crippen molar-refractivity contribution >= 4 is 5.71 Å². The summed E-state index contributed by atoms with van der Waals surface area (Å²) in [5.74, 6) is 0.686. The first-order valence-corrected chi connectivity index (χ1v) is 10.5. The van der Waals surface area contributed by atoms with Gasteiger partial charge in [-0.2, -0.15) is 9.36 Å². The maximum atomic E-state index is 12.3. The second-order valence-corrected chi connectivity index (χ2v) is 7.62. The molecular formula is C25H25N5O3. The number of tetrazole rings is 1. The Balaban J connectivity index is 1.48. The molecule has 0 bridgehead atoms. The molecule has 4 aromatic rings. The quantitative estimate of drug-likeness (QED) is 0.306. The van der Waals surface area contributed by atoms with Gasteiger partial charge >= 0.3 is 5.69 Å². The maximum Gasteiger partial charge on any atom is 0.368 e. The van der Waals surface area contributed by atoms with Crippen molar-refractivity contribution in [3.05, 3.63) is 106 Å². The molecular weight excluding hydrogens is 418 g/mol. The van der Waals surface area contributed by atoms with Crippen LogP contribution in [0.5, 0.6) is 5.75 Å². The molecule has 0 saturated heterocycles. The van der Waals surface area contributed by atoms with Gasteiger partial charge in [0, 0.05) is 18.2 Å². The van der Waals surface area contributed by atoms with Gasteiger partial charge in [-0.1, -0.05) is 59.8 Å². The third-order valence-electron chi connectivity index (χ3n) is 5.25. The van der Waals surface area contributed by atoms with Gasteiger partial charge in [-0.25, -0.2) is 4.79 Å². The molecule has 8 heteroatoms. The van der Waals surface area contributed by atoms with Crippen LogP contribution in [0.3, 0.4) is 0 Å². The van der Waals surface area contributed by atoms with E-state index in [4.69, 9.17) is 9.57 Å². The van der Waals surface area contributed by atoms with E-state index in [1.165, 1.54) is 9.36 Å². The number of aromatic nitrogens is 4. The van der Waals surface area contributed by atoms with Crippen molar-refractivity contribution in [3.8, 4) is 11.4 Å². The Bertz CT molecular complexity index is 1330. The normalized spacial score (nSPS) is 11.4. The third-order valence-corrected chi connectivity index (χ3v) is 5.25. The number of ether oxygens (including phenoxy) is 1. The number of benzene rings is 3. The molecule has 0 fully saturated rings. The summed E-state index contributed by atoms with van der Waals surface area (Å²) in [6.07, 6.45) is 0. The van der Waals surface area contributed by atoms with E-state index in [9.17, 15) is 4.79 Å². The SMILES string of the molecule is CC(=NOCc1ccccc1)c1cccc(OCc2c(C)cccc2-n2nnn(C)c2=O)c1. The molecule has 0 atom stereocenters. The minimum atomic E-state index is -0.314. The molecule has 0 spiro atoms. The van der Waals surface area contributed by atoms with Gasteiger partial charge in [-0.15, -0.1) is 0 Å². The molecule has 0 radical (unpaired) electrons. The highest BCUT2D eigenvalue weighted by Gasteiger charge is 2.13. The van der Waals surface area contributed by atoms with Crippen molar-refractivity contribution in [1.82, 2.24) is 19.8 Å². The van der Waals surface area contributed by atoms with E-state index in [-0.39, 0.29) is 12.3 Å². The molecule has 168 valence electrons. The minimum Gasteiger partial charge on any atom is -0.489 e. The molecule has 1 aromatic heterocycles. The van der Waals surface area contributed by atoms with Crippen LogP contribution in [0.25, 0.3) is 5.69 Å². The van der Waals surface area contributed by atoms with Gasteiger partial charge in [-0.05, 0) is 53.6 Å². The molecule has 0 saturated carbocycles. The molecule has 0 aliphatic heterocycles. The molecule has 0 amide bonds. The van der Waals surface area contributed by atoms with Crippen molar-refractivity contribution < 1.29 is 9.57 Å². The smallest absolute Gasteiger partial charge is 0.368 e. The van der Waals surface area contributed by atoms with E-state index in [0.29, 0.717) is 18.0 Å². The van der Waals surface area contributed by atoms with Crippen molar-refractivity contribution in [2.45, 2.75) is 27.1 Å². The summed E-state index contributed by atoms with van der Waals surface area (Å²) < 4.78 is 8.55. The van der Waals surface area contributed by atoms with Crippen LogP contribution in [0.15, 0.2) is 82.7 Å². The third kappa shape index (κ3) is 5.17. The highest BCUT2D eigenvalue weighted by molar-refractivity contribution is 5.98. The molecule has 33 heavy (non-hydrogen) atoms. The van der Waals surface area contributed by atoms with E-state index in [1.54, 1.807) is 7.05 Å². The molecule has 0 aliphatic rings. The average molecular weight is 444 g/mol. The topological polar surface area (TPSA) is 83.5 Å². The summed E-state index contributed by atoms with van der Waals surface area (Å²) in [7, 11) is 1.57. The van der Waals surface area contributed by atoms with Crippen LogP contribution in [-0.2, 0) is 25.1 Å². The van der Waals surface area contributed by atoms with Crippen LogP contribution in [-0.4, -0.2) is 25.5 Å². The Morgan fingerprint density at radius 2 is 1.76 bits per heavy atom. The standard InChI is InChI=1S/C25H25N5O3/c1-18-9-7-14-24(30-25(31)29(3)27-28-30)23(18)17-32-22-13-8-12-21(15-22)19(2)26-33-16-20-10-5-4-6-11-20/h4-15H,16-17H2,1-3H3. The fourth-order valence-electron chi connectivity index (χ4n) is 3.33. The van der Waals surface area contributed by atoms with Gasteiger partial charge < -0.3 is 9.57 Å². The molecule has 8 nitrogen and oxygen atoms in total. The lowest BCUT2D eigenvalue weighted by atomic mass is 10.1. The van der Waals surface area contributed by atoms with Crippen LogP contribution >= 0.6 is 0 Å². The first-order chi connectivity index (χ1) is 16.0. The Labute approximate surface area is 191 Å². The van der Waals surface area contributed by atoms with Crippen molar-refractivity contribution in [3.63, 3.8) is 0 Å². The van der Waals surface area contributed by atoms with Crippen molar-refractivity contribution in [1.29, 1.82) is 0 Å². The highest BCUT2D eigenvalue weighted by atomic mass is 16.6. The molecule has 4 rings (SSSR count). The zero-order chi connectivity index (χ0) is 23.2. The predicted octanol–water partition coefficient (Wildman–Crippen LogP) is 3.79. The van der Waals surface area contributed by atoms with Gasteiger partial charge in [-0.3, -0.25) is 0 Å². The Hall–Kier alpha value is -4.20. The number of nitrogens with zero attached hydrogens (tertiary/aromatic N) is 5. The zero-order valence-electron chi connectivity index (χ0n) is 18.8. The summed E-state index contributed by atoms with van der Waals surface area (Å²) in [6, 6.07) is 23.2. The number of hydrogen-bond acceptors (Lipinski definition) is 6. The molecule has 1 heterocycles. The number of aryl methyl sites for hydroxylation is 2. The first-order valence-electron chi connectivity index (χ1n) is 10.5. The Morgan fingerprint density at radius 1 is 0.970 bits per heavy atom. The molecule has 0 unspecified atom stereocenters. The monoisotopic (exact) mass is 443 g/mol. The minimum absolute atomic E-state index is 0.273. The van der Waals surface area contributed by atoms with E-state index < -0.39 is 0 Å². The summed E-state index contributed by atoms with van der Waals surface area (Å²) in [6.45, 7) is 4.55. The summed E-state index contributed by atoms with van der Waals surface area (Å²) >= 11 is 0. The van der Waals surface area contributed by atoms with Gasteiger partial charge in [0.1, 0.15) is 19.0 Å². The molecule has 3 aromatic carbocycles. The van der Waals surface area contributed by atoms with Gasteiger partial charge in [0.25, 0.3) is 0 Å². The lowest BCUT2D eigenvalue weighted by molar-refractivity contribution is 0.130. The number of oxime groups is 1. The zero-order valence-corrected chi connectivity index (χ0v) is 18.8. The molecule has 0 aliphatic carbocycles. The Morgan fingerprint density at radius 3 is 2.52 bits per heavy atom. The molecule has 0 N–H and O–H groups in total. The number of hydrogen-bond donors (Lipinski definition) is 0. The van der Waals surface area contributed by atoms with Crippen LogP contribution in [0.4, 0.5) is 0 Å². The first kappa shape index (κ1) is 22.0. The lowest BCUT2D eigenvalue weighted by Crippen LogP contribution is -2.23. The van der Waals surface area contributed by atoms with Crippen LogP contribution < -0.4 is 10.4 Å². The van der Waals surface area contributed by atoms with Gasteiger partial charge in [0.2, 0.25) is 0 Å². The highest BCUT2D eigenvalue weighted by Crippen LogP contribution is 2.21. The Kier molecular flexibility index (Phi) is 6.64. The van der Waals surface area contributed by atoms with Gasteiger partial charge in [0.05, 0.1) is 11.4 Å². The van der Waals surface area contributed by atoms with E-state index in [2.05, 4.69) is 15.6 Å². The fourth-order valence-corrected chi connectivity index (χ4v) is 3.33.